The minimum Gasteiger partial charge on any atom is -0.339 e. The maximum atomic E-state index is 12.2. The summed E-state index contributed by atoms with van der Waals surface area (Å²) >= 11 is 1.59. The van der Waals surface area contributed by atoms with Crippen LogP contribution in [0, 0.1) is 0 Å². The molecule has 82 valence electrons. The molecule has 2 rings (SSSR count). The molecule has 0 aromatic carbocycles. The topological polar surface area (TPSA) is 20.3 Å². The Morgan fingerprint density at radius 2 is 2.13 bits per heavy atom. The Labute approximate surface area is 94.9 Å². The molecule has 0 bridgehead atoms. The number of carbonyl (C=O) groups is 1. The Morgan fingerprint density at radius 3 is 2.67 bits per heavy atom. The van der Waals surface area contributed by atoms with Gasteiger partial charge in [-0.05, 0) is 49.6 Å². The molecule has 0 radical (unpaired) electrons. The average molecular weight is 223 g/mol. The molecule has 0 saturated heterocycles. The van der Waals surface area contributed by atoms with Gasteiger partial charge in [-0.25, -0.2) is 0 Å². The monoisotopic (exact) mass is 223 g/mol. The third-order valence-electron chi connectivity index (χ3n) is 2.96. The van der Waals surface area contributed by atoms with Crippen LogP contribution >= 0.6 is 11.3 Å². The number of carbonyl (C=O) groups excluding carboxylic acids is 1. The zero-order chi connectivity index (χ0) is 10.8. The molecule has 1 aromatic heterocycles. The molecule has 1 fully saturated rings. The second-order valence-corrected chi connectivity index (χ2v) is 4.87. The Morgan fingerprint density at radius 1 is 1.47 bits per heavy atom. The van der Waals surface area contributed by atoms with E-state index < -0.39 is 0 Å². The molecule has 3 heteroatoms. The van der Waals surface area contributed by atoms with Crippen LogP contribution in [0.2, 0.25) is 0 Å². The number of rotatable bonds is 4. The van der Waals surface area contributed by atoms with Crippen LogP contribution in [0.5, 0.6) is 0 Å². The average Bonchev–Trinajstić information content (AvgIpc) is 2.98. The first-order valence-corrected chi connectivity index (χ1v) is 6.52. The van der Waals surface area contributed by atoms with Gasteiger partial charge in [0.25, 0.3) is 5.91 Å². The molecule has 2 nitrogen and oxygen atoms in total. The minimum absolute atomic E-state index is 0.219. The lowest BCUT2D eigenvalue weighted by atomic mass is 10.1. The van der Waals surface area contributed by atoms with Crippen LogP contribution in [0.15, 0.2) is 11.4 Å². The molecule has 1 heterocycles. The van der Waals surface area contributed by atoms with Crippen LogP contribution in [0.25, 0.3) is 0 Å². The van der Waals surface area contributed by atoms with Crippen molar-refractivity contribution in [1.82, 2.24) is 4.90 Å². The quantitative estimate of drug-likeness (QED) is 0.768. The highest BCUT2D eigenvalue weighted by atomic mass is 32.1. The van der Waals surface area contributed by atoms with Crippen LogP contribution in [-0.4, -0.2) is 23.9 Å². The first kappa shape index (κ1) is 10.7. The summed E-state index contributed by atoms with van der Waals surface area (Å²) in [5.41, 5.74) is 1.29. The van der Waals surface area contributed by atoms with Crippen molar-refractivity contribution >= 4 is 17.2 Å². The van der Waals surface area contributed by atoms with Crippen molar-refractivity contribution in [3.05, 3.63) is 21.9 Å². The second-order valence-electron chi connectivity index (χ2n) is 3.96. The fraction of sp³-hybridized carbons (Fsp3) is 0.583. The van der Waals surface area contributed by atoms with Gasteiger partial charge in [0.2, 0.25) is 0 Å². The number of thiophene rings is 1. The summed E-state index contributed by atoms with van der Waals surface area (Å²) in [5.74, 6) is 0.891. The van der Waals surface area contributed by atoms with Gasteiger partial charge in [-0.15, -0.1) is 11.3 Å². The van der Waals surface area contributed by atoms with E-state index in [2.05, 4.69) is 6.07 Å². The molecule has 0 unspecified atom stereocenters. The van der Waals surface area contributed by atoms with E-state index in [4.69, 9.17) is 0 Å². The van der Waals surface area contributed by atoms with Crippen molar-refractivity contribution in [2.75, 3.05) is 13.1 Å². The Balaban J connectivity index is 2.20. The van der Waals surface area contributed by atoms with Gasteiger partial charge in [-0.2, -0.15) is 0 Å². The van der Waals surface area contributed by atoms with Gasteiger partial charge in [-0.1, -0.05) is 0 Å². The lowest BCUT2D eigenvalue weighted by molar-refractivity contribution is 0.0777. The van der Waals surface area contributed by atoms with E-state index in [0.717, 1.165) is 18.0 Å². The van der Waals surface area contributed by atoms with E-state index in [1.807, 2.05) is 24.1 Å². The van der Waals surface area contributed by atoms with Gasteiger partial charge in [0.1, 0.15) is 0 Å². The van der Waals surface area contributed by atoms with Crippen molar-refractivity contribution in [2.45, 2.75) is 32.6 Å². The summed E-state index contributed by atoms with van der Waals surface area (Å²) in [6.45, 7) is 5.67. The molecule has 1 aromatic rings. The highest BCUT2D eigenvalue weighted by Gasteiger charge is 2.29. The number of hydrogen-bond acceptors (Lipinski definition) is 2. The first-order valence-electron chi connectivity index (χ1n) is 5.64. The van der Waals surface area contributed by atoms with E-state index in [1.54, 1.807) is 11.3 Å². The summed E-state index contributed by atoms with van der Waals surface area (Å²) in [4.78, 5) is 15.0. The van der Waals surface area contributed by atoms with Crippen LogP contribution in [0.3, 0.4) is 0 Å². The lowest BCUT2D eigenvalue weighted by Crippen LogP contribution is -2.30. The van der Waals surface area contributed by atoms with E-state index in [9.17, 15) is 4.79 Å². The minimum atomic E-state index is 0.219. The normalized spacial score (nSPS) is 15.3. The van der Waals surface area contributed by atoms with Gasteiger partial charge >= 0.3 is 0 Å². The molecule has 1 amide bonds. The van der Waals surface area contributed by atoms with E-state index in [0.29, 0.717) is 5.92 Å². The molecule has 1 aliphatic carbocycles. The Kier molecular flexibility index (Phi) is 3.10. The van der Waals surface area contributed by atoms with Gasteiger partial charge in [0, 0.05) is 13.1 Å². The summed E-state index contributed by atoms with van der Waals surface area (Å²) < 4.78 is 0. The van der Waals surface area contributed by atoms with Gasteiger partial charge in [0.15, 0.2) is 0 Å². The highest BCUT2D eigenvalue weighted by molar-refractivity contribution is 7.12. The SMILES string of the molecule is CCN(CC)C(=O)c1sccc1C1CC1. The maximum Gasteiger partial charge on any atom is 0.264 e. The zero-order valence-electron chi connectivity index (χ0n) is 9.32. The molecule has 15 heavy (non-hydrogen) atoms. The molecule has 0 atom stereocenters. The van der Waals surface area contributed by atoms with Crippen LogP contribution in [0.1, 0.15) is 47.8 Å². The van der Waals surface area contributed by atoms with Crippen LogP contribution in [-0.2, 0) is 0 Å². The fourth-order valence-electron chi connectivity index (χ4n) is 1.86. The molecule has 0 N–H and O–H groups in total. The molecule has 1 saturated carbocycles. The van der Waals surface area contributed by atoms with Crippen molar-refractivity contribution in [2.24, 2.45) is 0 Å². The third-order valence-corrected chi connectivity index (χ3v) is 3.88. The van der Waals surface area contributed by atoms with Crippen molar-refractivity contribution in [3.8, 4) is 0 Å². The first-order chi connectivity index (χ1) is 7.27. The molecule has 0 spiro atoms. The van der Waals surface area contributed by atoms with E-state index >= 15 is 0 Å². The van der Waals surface area contributed by atoms with Crippen molar-refractivity contribution in [3.63, 3.8) is 0 Å². The molecule has 1 aliphatic rings. The Bertz CT molecular complexity index is 350. The van der Waals surface area contributed by atoms with E-state index in [-0.39, 0.29) is 5.91 Å². The largest absolute Gasteiger partial charge is 0.339 e. The van der Waals surface area contributed by atoms with Crippen LogP contribution < -0.4 is 0 Å². The maximum absolute atomic E-state index is 12.2. The predicted octanol–water partition coefficient (Wildman–Crippen LogP) is 3.11. The summed E-state index contributed by atoms with van der Waals surface area (Å²) in [6, 6.07) is 2.12. The van der Waals surface area contributed by atoms with Gasteiger partial charge in [0.05, 0.1) is 4.88 Å². The summed E-state index contributed by atoms with van der Waals surface area (Å²) in [5, 5.41) is 2.05. The number of nitrogens with zero attached hydrogens (tertiary/aromatic N) is 1. The third kappa shape index (κ3) is 2.07. The smallest absolute Gasteiger partial charge is 0.264 e. The Hall–Kier alpha value is -0.830. The number of amides is 1. The standard InChI is InChI=1S/C12H17NOS/c1-3-13(4-2)12(14)11-10(7-8-15-11)9-5-6-9/h7-9H,3-6H2,1-2H3. The lowest BCUT2D eigenvalue weighted by Gasteiger charge is -2.18. The van der Waals surface area contributed by atoms with Gasteiger partial charge in [-0.3, -0.25) is 4.79 Å². The fourth-order valence-corrected chi connectivity index (χ4v) is 2.81. The predicted molar refractivity (Wildman–Crippen MR) is 63.5 cm³/mol. The molecular weight excluding hydrogens is 206 g/mol. The second kappa shape index (κ2) is 4.35. The van der Waals surface area contributed by atoms with Gasteiger partial charge < -0.3 is 4.90 Å². The van der Waals surface area contributed by atoms with Crippen molar-refractivity contribution in [1.29, 1.82) is 0 Å². The summed E-state index contributed by atoms with van der Waals surface area (Å²) in [7, 11) is 0. The summed E-state index contributed by atoms with van der Waals surface area (Å²) in [6.07, 6.45) is 2.52. The molecule has 0 aliphatic heterocycles. The zero-order valence-corrected chi connectivity index (χ0v) is 10.1. The number of hydrogen-bond donors (Lipinski definition) is 0. The van der Waals surface area contributed by atoms with Crippen LogP contribution in [0.4, 0.5) is 0 Å². The molecular formula is C12H17NOS. The van der Waals surface area contributed by atoms with Crippen molar-refractivity contribution < 1.29 is 4.79 Å². The highest BCUT2D eigenvalue weighted by Crippen LogP contribution is 2.43. The van der Waals surface area contributed by atoms with E-state index in [1.165, 1.54) is 18.4 Å².